The van der Waals surface area contributed by atoms with Crippen LogP contribution >= 0.6 is 0 Å². The van der Waals surface area contributed by atoms with Crippen LogP contribution in [0.4, 0.5) is 0 Å². The van der Waals surface area contributed by atoms with Crippen LogP contribution in [-0.4, -0.2) is 19.9 Å². The summed E-state index contributed by atoms with van der Waals surface area (Å²) in [6, 6.07) is 0. The number of rotatable bonds is 2. The molecule has 13 heavy (non-hydrogen) atoms. The van der Waals surface area contributed by atoms with E-state index in [1.807, 2.05) is 12.4 Å². The van der Waals surface area contributed by atoms with E-state index in [1.54, 1.807) is 12.4 Å². The predicted octanol–water partition coefficient (Wildman–Crippen LogP) is -6.83. The fourth-order valence-electron chi connectivity index (χ4n) is 0.779. The first kappa shape index (κ1) is 12.9. The maximum atomic E-state index is 4.16. The van der Waals surface area contributed by atoms with Gasteiger partial charge in [-0.15, -0.1) is 0 Å². The van der Waals surface area contributed by atoms with Gasteiger partial charge in [-0.1, -0.05) is 0 Å². The molecule has 2 aromatic heterocycles. The van der Waals surface area contributed by atoms with Crippen molar-refractivity contribution in [3.63, 3.8) is 0 Å². The first-order chi connectivity index (χ1) is 5.45. The molecule has 0 saturated carbocycles. The summed E-state index contributed by atoms with van der Waals surface area (Å²) in [5.41, 5.74) is 0. The van der Waals surface area contributed by atoms with Crippen molar-refractivity contribution < 1.29 is 47.7 Å². The number of aromatic nitrogens is 4. The summed E-state index contributed by atoms with van der Waals surface area (Å²) in [7, 11) is 0. The third kappa shape index (κ3) is 3.62. The second-order valence-electron chi connectivity index (χ2n) is 2.00. The molecule has 0 spiro atoms. The number of aromatic amines is 2. The summed E-state index contributed by atoms with van der Waals surface area (Å²) in [6.45, 7) is 0. The van der Waals surface area contributed by atoms with Gasteiger partial charge in [0.1, 0.15) is 0 Å². The standard InChI is InChI=1S/2C3H3N2.2ClH.Hf/c2*1-2-5-3-4-1;;;/h2*1-2H,(H,4,5);2*1H;/q;;;;+2/p-2. The zero-order chi connectivity index (χ0) is 7.52. The van der Waals surface area contributed by atoms with E-state index in [2.05, 4.69) is 19.9 Å². The van der Waals surface area contributed by atoms with Crippen LogP contribution < -0.4 is 32.0 Å². The number of hydrogen-bond donors (Lipinski definition) is 2. The fourth-order valence-corrected chi connectivity index (χ4v) is 3.70. The van der Waals surface area contributed by atoms with Gasteiger partial charge in [-0.3, -0.25) is 0 Å². The Balaban J connectivity index is 0.000000720. The van der Waals surface area contributed by atoms with Gasteiger partial charge in [-0.25, -0.2) is 0 Å². The van der Waals surface area contributed by atoms with Crippen LogP contribution in [0.2, 0.25) is 0 Å². The van der Waals surface area contributed by atoms with Crippen LogP contribution in [-0.2, 0) is 22.9 Å². The van der Waals surface area contributed by atoms with Gasteiger partial charge in [-0.05, 0) is 0 Å². The van der Waals surface area contributed by atoms with Crippen molar-refractivity contribution in [2.75, 3.05) is 0 Å². The minimum atomic E-state index is -0.971. The first-order valence-corrected chi connectivity index (χ1v) is 6.80. The Labute approximate surface area is 99.1 Å². The molecule has 0 amide bonds. The van der Waals surface area contributed by atoms with Gasteiger partial charge in [0.2, 0.25) is 0 Å². The molecular formula is C6H6Cl2HfN4. The molecule has 7 heteroatoms. The van der Waals surface area contributed by atoms with E-state index in [0.29, 0.717) is 0 Å². The summed E-state index contributed by atoms with van der Waals surface area (Å²) in [4.78, 5) is 14.5. The van der Waals surface area contributed by atoms with Gasteiger partial charge in [0.05, 0.1) is 0 Å². The molecule has 0 bridgehead atoms. The van der Waals surface area contributed by atoms with Gasteiger partial charge < -0.3 is 24.8 Å². The zero-order valence-electron chi connectivity index (χ0n) is 6.46. The van der Waals surface area contributed by atoms with Gasteiger partial charge in [0, 0.05) is 0 Å². The average Bonchev–Trinajstić information content (AvgIpc) is 2.60. The number of H-pyrrole nitrogens is 2. The Morgan fingerprint density at radius 3 is 1.69 bits per heavy atom. The van der Waals surface area contributed by atoms with Crippen molar-refractivity contribution in [3.05, 3.63) is 24.8 Å². The second kappa shape index (κ2) is 6.34. The quantitative estimate of drug-likeness (QED) is 0.507. The van der Waals surface area contributed by atoms with Crippen molar-refractivity contribution >= 4 is 7.16 Å². The molecule has 68 valence electrons. The molecule has 0 unspecified atom stereocenters. The number of halogens is 2. The Bertz CT molecular complexity index is 275. The topological polar surface area (TPSA) is 57.4 Å². The van der Waals surface area contributed by atoms with Crippen LogP contribution in [0.5, 0.6) is 0 Å². The molecule has 0 atom stereocenters. The third-order valence-electron chi connectivity index (χ3n) is 1.23. The number of nitrogens with one attached hydrogen (secondary N) is 2. The van der Waals surface area contributed by atoms with E-state index < -0.39 is 22.9 Å². The Hall–Kier alpha value is -0.130. The Morgan fingerprint density at radius 1 is 0.923 bits per heavy atom. The summed E-state index contributed by atoms with van der Waals surface area (Å²) in [6.07, 6.45) is 7.27. The summed E-state index contributed by atoms with van der Waals surface area (Å²) < 4.78 is 2.25. The van der Waals surface area contributed by atoms with E-state index >= 15 is 0 Å². The number of nitrogens with zero attached hydrogens (tertiary/aromatic N) is 2. The second-order valence-corrected chi connectivity index (χ2v) is 6.30. The molecular weight excluding hydrogens is 377 g/mol. The van der Waals surface area contributed by atoms with Crippen molar-refractivity contribution in [1.29, 1.82) is 0 Å². The van der Waals surface area contributed by atoms with E-state index in [-0.39, 0.29) is 24.8 Å². The van der Waals surface area contributed by atoms with Crippen LogP contribution in [0.3, 0.4) is 0 Å². The van der Waals surface area contributed by atoms with E-state index in [1.165, 1.54) is 0 Å². The molecule has 0 aliphatic rings. The molecule has 0 fully saturated rings. The van der Waals surface area contributed by atoms with Crippen molar-refractivity contribution in [1.82, 2.24) is 19.9 Å². The summed E-state index contributed by atoms with van der Waals surface area (Å²) >= 11 is -0.971. The van der Waals surface area contributed by atoms with E-state index in [0.717, 1.165) is 7.16 Å². The van der Waals surface area contributed by atoms with Crippen LogP contribution in [0, 0.1) is 0 Å². The molecule has 0 aromatic carbocycles. The molecule has 0 radical (unpaired) electrons. The molecule has 0 saturated heterocycles. The predicted molar refractivity (Wildman–Crippen MR) is 36.4 cm³/mol. The van der Waals surface area contributed by atoms with Gasteiger partial charge in [0.25, 0.3) is 0 Å². The van der Waals surface area contributed by atoms with Gasteiger partial charge in [0.15, 0.2) is 0 Å². The molecule has 2 rings (SSSR count). The van der Waals surface area contributed by atoms with E-state index in [9.17, 15) is 0 Å². The van der Waals surface area contributed by atoms with Crippen LogP contribution in [0.1, 0.15) is 0 Å². The fraction of sp³-hybridized carbons (Fsp3) is 0. The number of hydrogen-bond acceptors (Lipinski definition) is 2. The summed E-state index contributed by atoms with van der Waals surface area (Å²) in [5, 5.41) is 0. The molecule has 2 N–H and O–H groups in total. The molecule has 4 nitrogen and oxygen atoms in total. The minimum absolute atomic E-state index is 0. The van der Waals surface area contributed by atoms with Gasteiger partial charge >= 0.3 is 74.8 Å². The third-order valence-corrected chi connectivity index (χ3v) is 4.90. The number of imidazole rings is 2. The Morgan fingerprint density at radius 2 is 1.38 bits per heavy atom. The van der Waals surface area contributed by atoms with Crippen LogP contribution in [0.25, 0.3) is 0 Å². The maximum absolute atomic E-state index is 4.16. The van der Waals surface area contributed by atoms with Crippen LogP contribution in [0.15, 0.2) is 24.8 Å². The van der Waals surface area contributed by atoms with Gasteiger partial charge in [-0.2, -0.15) is 0 Å². The van der Waals surface area contributed by atoms with Crippen molar-refractivity contribution in [2.45, 2.75) is 0 Å². The van der Waals surface area contributed by atoms with E-state index in [4.69, 9.17) is 0 Å². The molecule has 2 aromatic rings. The molecule has 0 aliphatic heterocycles. The Kier molecular flexibility index (Phi) is 6.28. The molecule has 0 aliphatic carbocycles. The summed E-state index contributed by atoms with van der Waals surface area (Å²) in [5.74, 6) is 0. The van der Waals surface area contributed by atoms with Crippen molar-refractivity contribution in [3.8, 4) is 0 Å². The van der Waals surface area contributed by atoms with Crippen molar-refractivity contribution in [2.24, 2.45) is 0 Å². The zero-order valence-corrected chi connectivity index (χ0v) is 11.6. The average molecular weight is 384 g/mol. The molecule has 2 heterocycles. The SMILES string of the molecule is [Cl-].[Cl-].c1c[nH][c]([Hf+2][c]2ncc[nH]2)n1. The monoisotopic (exact) mass is 384 g/mol. The first-order valence-electron chi connectivity index (χ1n) is 3.21. The normalized spacial score (nSPS) is 8.00.